The topological polar surface area (TPSA) is 52.0 Å². The molecule has 0 saturated carbocycles. The van der Waals surface area contributed by atoms with E-state index in [1.165, 1.54) is 30.5 Å². The van der Waals surface area contributed by atoms with E-state index in [4.69, 9.17) is 0 Å². The van der Waals surface area contributed by atoms with E-state index in [0.717, 1.165) is 22.4 Å². The predicted molar refractivity (Wildman–Crippen MR) is 93.0 cm³/mol. The molecule has 0 aliphatic rings. The van der Waals surface area contributed by atoms with Gasteiger partial charge in [-0.3, -0.25) is 4.98 Å². The molecule has 3 aromatic rings. The van der Waals surface area contributed by atoms with Gasteiger partial charge in [-0.25, -0.2) is 16.8 Å². The summed E-state index contributed by atoms with van der Waals surface area (Å²) >= 11 is 0.190. The molecule has 1 aromatic carbocycles. The summed E-state index contributed by atoms with van der Waals surface area (Å²) in [4.78, 5) is 3.45. The van der Waals surface area contributed by atoms with E-state index in [9.17, 15) is 21.6 Å². The Morgan fingerprint density at radius 3 is 2.58 bits per heavy atom. The highest BCUT2D eigenvalue weighted by Crippen LogP contribution is 2.30. The number of rotatable bonds is 5. The van der Waals surface area contributed by atoms with Crippen molar-refractivity contribution in [2.75, 3.05) is 0 Å². The van der Waals surface area contributed by atoms with Gasteiger partial charge in [0.15, 0.2) is 0 Å². The van der Waals surface area contributed by atoms with Crippen LogP contribution in [0.3, 0.4) is 0 Å². The van der Waals surface area contributed by atoms with Crippen LogP contribution in [0, 0.1) is 12.7 Å². The first kappa shape index (κ1) is 18.5. The third-order valence-corrected chi connectivity index (χ3v) is 5.78. The third-order valence-electron chi connectivity index (χ3n) is 3.46. The van der Waals surface area contributed by atoms with Gasteiger partial charge in [0.25, 0.3) is 15.8 Å². The van der Waals surface area contributed by atoms with Crippen molar-refractivity contribution in [1.29, 1.82) is 0 Å². The number of nitrogens with zero attached hydrogens (tertiary/aromatic N) is 2. The summed E-state index contributed by atoms with van der Waals surface area (Å²) in [5.74, 6) is -3.30. The third kappa shape index (κ3) is 3.63. The van der Waals surface area contributed by atoms with Gasteiger partial charge in [0.05, 0.1) is 5.69 Å². The molecule has 0 aliphatic heterocycles. The van der Waals surface area contributed by atoms with Crippen LogP contribution in [0.5, 0.6) is 0 Å². The van der Waals surface area contributed by atoms with Crippen molar-refractivity contribution in [3.8, 4) is 11.3 Å². The van der Waals surface area contributed by atoms with E-state index in [2.05, 4.69) is 11.9 Å². The summed E-state index contributed by atoms with van der Waals surface area (Å²) in [7, 11) is -4.18. The normalized spacial score (nSPS) is 11.9. The van der Waals surface area contributed by atoms with E-state index in [1.54, 1.807) is 6.07 Å². The molecule has 0 saturated heterocycles. The second kappa shape index (κ2) is 7.16. The van der Waals surface area contributed by atoms with Crippen LogP contribution in [-0.2, 0) is 10.0 Å². The Kier molecular flexibility index (Phi) is 5.10. The lowest BCUT2D eigenvalue weighted by Gasteiger charge is -2.12. The number of pyridine rings is 1. The Balaban J connectivity index is 2.14. The molecular formula is C17H12F3N2O2S2. The molecule has 0 spiro atoms. The quantitative estimate of drug-likeness (QED) is 0.598. The molecule has 1 radical (unpaired) electrons. The first-order valence-corrected chi connectivity index (χ1v) is 9.55. The van der Waals surface area contributed by atoms with Gasteiger partial charge in [0.1, 0.15) is 10.7 Å². The molecule has 0 unspecified atom stereocenters. The highest BCUT2D eigenvalue weighted by Gasteiger charge is 2.23. The van der Waals surface area contributed by atoms with Crippen LogP contribution < -0.4 is 0 Å². The fraction of sp³-hybridized carbons (Fsp3) is 0.0588. The largest absolute Gasteiger partial charge is 0.288 e. The first-order chi connectivity index (χ1) is 12.3. The zero-order chi connectivity index (χ0) is 18.9. The maximum Gasteiger partial charge on any atom is 0.288 e. The van der Waals surface area contributed by atoms with Crippen molar-refractivity contribution in [2.24, 2.45) is 0 Å². The molecule has 4 nitrogen and oxygen atoms in total. The lowest BCUT2D eigenvalue weighted by Crippen LogP contribution is -2.14. The molecule has 135 valence electrons. The summed E-state index contributed by atoms with van der Waals surface area (Å²) in [6.45, 7) is 3.69. The van der Waals surface area contributed by atoms with Gasteiger partial charge in [-0.15, -0.1) is 0 Å². The van der Waals surface area contributed by atoms with E-state index in [1.807, 2.05) is 0 Å². The molecule has 3 rings (SSSR count). The molecule has 9 heteroatoms. The molecule has 0 amide bonds. The van der Waals surface area contributed by atoms with Crippen molar-refractivity contribution in [2.45, 2.75) is 15.5 Å². The number of halogens is 3. The van der Waals surface area contributed by atoms with Crippen LogP contribution in [0.1, 0.15) is 5.56 Å². The summed E-state index contributed by atoms with van der Waals surface area (Å²) in [6, 6.07) is 8.25. The maximum atomic E-state index is 14.1. The number of thioether (sulfide) groups is 1. The smallest absolute Gasteiger partial charge is 0.262 e. The molecule has 2 aromatic heterocycles. The second-order valence-electron chi connectivity index (χ2n) is 5.25. The van der Waals surface area contributed by atoms with Gasteiger partial charge in [-0.1, -0.05) is 23.9 Å². The van der Waals surface area contributed by atoms with Crippen molar-refractivity contribution in [3.05, 3.63) is 73.3 Å². The Labute approximate surface area is 152 Å². The van der Waals surface area contributed by atoms with Crippen LogP contribution in [0.15, 0.2) is 64.8 Å². The average molecular weight is 397 g/mol. The Bertz CT molecular complexity index is 1050. The SMILES string of the molecule is [CH2]c1cc(-c2ccccc2F)n(S(=O)(=O)c2cncc(SC(F)F)c2)c1. The zero-order valence-corrected chi connectivity index (χ0v) is 14.8. The van der Waals surface area contributed by atoms with Crippen molar-refractivity contribution in [3.63, 3.8) is 0 Å². The molecular weight excluding hydrogens is 385 g/mol. The average Bonchev–Trinajstić information content (AvgIpc) is 2.97. The minimum atomic E-state index is -4.18. The van der Waals surface area contributed by atoms with Gasteiger partial charge in [0, 0.05) is 29.0 Å². The van der Waals surface area contributed by atoms with Gasteiger partial charge < -0.3 is 0 Å². The highest BCUT2D eigenvalue weighted by atomic mass is 32.2. The maximum absolute atomic E-state index is 14.1. The fourth-order valence-corrected chi connectivity index (χ4v) is 4.36. The standard InChI is InChI=1S/C17H12F3N2O2S2/c1-11-6-16(14-4-2-3-5-15(14)18)22(10-11)26(23,24)13-7-12(8-21-9-13)25-17(19)20/h2-10,17H,1H2. The molecule has 0 N–H and O–H groups in total. The summed E-state index contributed by atoms with van der Waals surface area (Å²) < 4.78 is 66.0. The predicted octanol–water partition coefficient (Wildman–Crippen LogP) is 4.42. The minimum Gasteiger partial charge on any atom is -0.262 e. The monoisotopic (exact) mass is 397 g/mol. The van der Waals surface area contributed by atoms with Gasteiger partial charge in [-0.05, 0) is 36.8 Å². The van der Waals surface area contributed by atoms with Crippen LogP contribution in [-0.4, -0.2) is 23.1 Å². The Hall–Kier alpha value is -2.26. The molecule has 0 bridgehead atoms. The van der Waals surface area contributed by atoms with Gasteiger partial charge >= 0.3 is 0 Å². The fourth-order valence-electron chi connectivity index (χ4n) is 2.38. The summed E-state index contributed by atoms with van der Waals surface area (Å²) in [6.07, 6.45) is 3.44. The second-order valence-corrected chi connectivity index (χ2v) is 8.13. The molecule has 2 heterocycles. The van der Waals surface area contributed by atoms with Crippen LogP contribution >= 0.6 is 11.8 Å². The highest BCUT2D eigenvalue weighted by molar-refractivity contribution is 7.99. The van der Waals surface area contributed by atoms with E-state index in [-0.39, 0.29) is 32.8 Å². The number of benzene rings is 1. The van der Waals surface area contributed by atoms with E-state index >= 15 is 0 Å². The Morgan fingerprint density at radius 1 is 1.15 bits per heavy atom. The van der Waals surface area contributed by atoms with Crippen LogP contribution in [0.25, 0.3) is 11.3 Å². The Morgan fingerprint density at radius 2 is 1.88 bits per heavy atom. The van der Waals surface area contributed by atoms with Crippen LogP contribution in [0.4, 0.5) is 13.2 Å². The number of hydrogen-bond donors (Lipinski definition) is 0. The molecule has 0 aliphatic carbocycles. The molecule has 0 fully saturated rings. The summed E-state index contributed by atoms with van der Waals surface area (Å²) in [5.41, 5.74) is 0.523. The zero-order valence-electron chi connectivity index (χ0n) is 13.1. The van der Waals surface area contributed by atoms with Gasteiger partial charge in [-0.2, -0.15) is 8.78 Å². The van der Waals surface area contributed by atoms with E-state index < -0.39 is 21.6 Å². The number of aromatic nitrogens is 2. The van der Waals surface area contributed by atoms with Crippen molar-refractivity contribution in [1.82, 2.24) is 8.96 Å². The minimum absolute atomic E-state index is 0.00974. The number of hydrogen-bond acceptors (Lipinski definition) is 4. The van der Waals surface area contributed by atoms with Crippen molar-refractivity contribution < 1.29 is 21.6 Å². The van der Waals surface area contributed by atoms with E-state index in [0.29, 0.717) is 5.56 Å². The van der Waals surface area contributed by atoms with Crippen LogP contribution in [0.2, 0.25) is 0 Å². The molecule has 26 heavy (non-hydrogen) atoms. The number of alkyl halides is 2. The van der Waals surface area contributed by atoms with Gasteiger partial charge in [0.2, 0.25) is 0 Å². The lowest BCUT2D eigenvalue weighted by molar-refractivity contribution is 0.252. The molecule has 0 atom stereocenters. The van der Waals surface area contributed by atoms with Crippen molar-refractivity contribution >= 4 is 21.8 Å². The lowest BCUT2D eigenvalue weighted by atomic mass is 10.1. The summed E-state index contributed by atoms with van der Waals surface area (Å²) in [5, 5.41) is 0. The first-order valence-electron chi connectivity index (χ1n) is 7.24.